The standard InChI is InChI=1S/C24H20ClF4N3O2/c25-16-2-4-19-15(9-16)11-20(30-19)22(34)32-12-23(13-32)5-7-31(8-6-23)21(33)14-1-3-17(18(26)10-14)24(27,28)29/h1-4,9-11,30H,5-8,12-13H2. The molecule has 1 N–H and O–H groups in total. The molecule has 2 aliphatic heterocycles. The van der Waals surface area contributed by atoms with Crippen LogP contribution in [0.4, 0.5) is 17.6 Å². The van der Waals surface area contributed by atoms with Gasteiger partial charge >= 0.3 is 6.18 Å². The number of carbonyl (C=O) groups is 2. The number of H-pyrrole nitrogens is 1. The minimum Gasteiger partial charge on any atom is -0.351 e. The fourth-order valence-electron chi connectivity index (χ4n) is 4.86. The van der Waals surface area contributed by atoms with Crippen molar-refractivity contribution in [1.29, 1.82) is 0 Å². The van der Waals surface area contributed by atoms with E-state index in [9.17, 15) is 27.2 Å². The van der Waals surface area contributed by atoms with Crippen molar-refractivity contribution in [3.8, 4) is 0 Å². The van der Waals surface area contributed by atoms with Gasteiger partial charge < -0.3 is 14.8 Å². The zero-order valence-electron chi connectivity index (χ0n) is 17.9. The smallest absolute Gasteiger partial charge is 0.351 e. The normalized spacial score (nSPS) is 17.8. The molecular formula is C24H20ClF4N3O2. The van der Waals surface area contributed by atoms with E-state index in [4.69, 9.17) is 11.6 Å². The molecule has 2 aliphatic rings. The number of likely N-dealkylation sites (tertiary alicyclic amines) is 2. The van der Waals surface area contributed by atoms with Gasteiger partial charge in [-0.1, -0.05) is 11.6 Å². The van der Waals surface area contributed by atoms with Crippen molar-refractivity contribution in [2.24, 2.45) is 5.41 Å². The highest BCUT2D eigenvalue weighted by atomic mass is 35.5. The maximum absolute atomic E-state index is 13.9. The first kappa shape index (κ1) is 22.7. The number of carbonyl (C=O) groups excluding carboxylic acids is 2. The van der Waals surface area contributed by atoms with Crippen LogP contribution in [0.2, 0.25) is 5.02 Å². The highest BCUT2D eigenvalue weighted by Crippen LogP contribution is 2.41. The Bertz CT molecular complexity index is 1290. The van der Waals surface area contributed by atoms with Gasteiger partial charge in [0.05, 0.1) is 5.56 Å². The number of aromatic amines is 1. The number of fused-ring (bicyclic) bond motifs is 1. The number of rotatable bonds is 2. The van der Waals surface area contributed by atoms with E-state index in [0.29, 0.717) is 61.9 Å². The number of aromatic nitrogens is 1. The Morgan fingerprint density at radius 1 is 0.941 bits per heavy atom. The number of hydrogen-bond acceptors (Lipinski definition) is 2. The van der Waals surface area contributed by atoms with Crippen LogP contribution in [0, 0.1) is 11.2 Å². The summed E-state index contributed by atoms with van der Waals surface area (Å²) in [6, 6.07) is 9.39. The minimum absolute atomic E-state index is 0.0901. The lowest BCUT2D eigenvalue weighted by Crippen LogP contribution is -2.62. The Hall–Kier alpha value is -3.07. The van der Waals surface area contributed by atoms with Crippen LogP contribution in [0.15, 0.2) is 42.5 Å². The number of piperidine rings is 1. The molecule has 10 heteroatoms. The van der Waals surface area contributed by atoms with Crippen molar-refractivity contribution in [1.82, 2.24) is 14.8 Å². The largest absolute Gasteiger partial charge is 0.419 e. The van der Waals surface area contributed by atoms with E-state index in [0.717, 1.165) is 17.0 Å². The lowest BCUT2D eigenvalue weighted by Gasteiger charge is -2.53. The van der Waals surface area contributed by atoms with E-state index < -0.39 is 23.5 Å². The molecule has 0 saturated carbocycles. The molecule has 1 spiro atoms. The fraction of sp³-hybridized carbons (Fsp3) is 0.333. The molecule has 3 aromatic rings. The number of nitrogens with one attached hydrogen (secondary N) is 1. The second-order valence-electron chi connectivity index (χ2n) is 9.06. The lowest BCUT2D eigenvalue weighted by atomic mass is 9.72. The SMILES string of the molecule is O=C(c1ccc(C(F)(F)F)c(F)c1)N1CCC2(CC1)CN(C(=O)c1cc3cc(Cl)ccc3[nH]1)C2. The van der Waals surface area contributed by atoms with Crippen LogP contribution in [-0.2, 0) is 6.18 Å². The van der Waals surface area contributed by atoms with Crippen LogP contribution in [0.1, 0.15) is 39.3 Å². The van der Waals surface area contributed by atoms with Crippen molar-refractivity contribution in [2.75, 3.05) is 26.2 Å². The molecule has 2 saturated heterocycles. The van der Waals surface area contributed by atoms with Gasteiger partial charge in [0.25, 0.3) is 11.8 Å². The van der Waals surface area contributed by atoms with Crippen LogP contribution < -0.4 is 0 Å². The van der Waals surface area contributed by atoms with Crippen molar-refractivity contribution < 1.29 is 27.2 Å². The molecule has 0 atom stereocenters. The van der Waals surface area contributed by atoms with Gasteiger partial charge in [0.1, 0.15) is 11.5 Å². The first-order valence-corrected chi connectivity index (χ1v) is 11.2. The van der Waals surface area contributed by atoms with Gasteiger partial charge in [0, 0.05) is 53.1 Å². The van der Waals surface area contributed by atoms with E-state index in [-0.39, 0.29) is 16.9 Å². The number of amides is 2. The van der Waals surface area contributed by atoms with Gasteiger partial charge in [-0.3, -0.25) is 9.59 Å². The number of nitrogens with zero attached hydrogens (tertiary/aromatic N) is 2. The summed E-state index contributed by atoms with van der Waals surface area (Å²) >= 11 is 6.01. The molecule has 2 fully saturated rings. The fourth-order valence-corrected chi connectivity index (χ4v) is 5.04. The van der Waals surface area contributed by atoms with Crippen LogP contribution in [-0.4, -0.2) is 52.8 Å². The molecule has 3 heterocycles. The molecule has 0 unspecified atom stereocenters. The van der Waals surface area contributed by atoms with Crippen molar-refractivity contribution >= 4 is 34.3 Å². The molecule has 5 nitrogen and oxygen atoms in total. The highest BCUT2D eigenvalue weighted by molar-refractivity contribution is 6.31. The zero-order valence-corrected chi connectivity index (χ0v) is 18.6. The molecule has 2 amide bonds. The lowest BCUT2D eigenvalue weighted by molar-refractivity contribution is -0.140. The zero-order chi connectivity index (χ0) is 24.3. The average molecular weight is 494 g/mol. The summed E-state index contributed by atoms with van der Waals surface area (Å²) in [6.45, 7) is 1.93. The Morgan fingerprint density at radius 2 is 1.65 bits per heavy atom. The van der Waals surface area contributed by atoms with Crippen molar-refractivity contribution in [3.63, 3.8) is 0 Å². The van der Waals surface area contributed by atoms with Gasteiger partial charge in [0.15, 0.2) is 0 Å². The predicted octanol–water partition coefficient (Wildman–Crippen LogP) is 5.36. The minimum atomic E-state index is -4.81. The van der Waals surface area contributed by atoms with Crippen LogP contribution in [0.5, 0.6) is 0 Å². The van der Waals surface area contributed by atoms with Crippen LogP contribution >= 0.6 is 11.6 Å². The monoisotopic (exact) mass is 493 g/mol. The van der Waals surface area contributed by atoms with E-state index in [1.807, 2.05) is 6.07 Å². The number of halogens is 5. The summed E-state index contributed by atoms with van der Waals surface area (Å²) in [6.07, 6.45) is -3.49. The first-order chi connectivity index (χ1) is 16.0. The van der Waals surface area contributed by atoms with Crippen LogP contribution in [0.25, 0.3) is 10.9 Å². The van der Waals surface area contributed by atoms with Gasteiger partial charge in [-0.2, -0.15) is 13.2 Å². The second-order valence-corrected chi connectivity index (χ2v) is 9.50. The van der Waals surface area contributed by atoms with E-state index in [2.05, 4.69) is 4.98 Å². The summed E-state index contributed by atoms with van der Waals surface area (Å²) in [5.74, 6) is -2.05. The summed E-state index contributed by atoms with van der Waals surface area (Å²) in [5.41, 5.74) is -0.268. The molecule has 5 rings (SSSR count). The number of alkyl halides is 3. The highest BCUT2D eigenvalue weighted by Gasteiger charge is 2.47. The summed E-state index contributed by atoms with van der Waals surface area (Å²) in [5, 5.41) is 1.45. The maximum Gasteiger partial charge on any atom is 0.419 e. The van der Waals surface area contributed by atoms with Gasteiger partial charge in [-0.25, -0.2) is 4.39 Å². The third-order valence-corrected chi connectivity index (χ3v) is 7.02. The van der Waals surface area contributed by atoms with E-state index >= 15 is 0 Å². The van der Waals surface area contributed by atoms with E-state index in [1.54, 1.807) is 23.1 Å². The van der Waals surface area contributed by atoms with E-state index in [1.165, 1.54) is 4.90 Å². The first-order valence-electron chi connectivity index (χ1n) is 10.8. The second kappa shape index (κ2) is 8.01. The molecule has 2 aromatic carbocycles. The average Bonchev–Trinajstić information content (AvgIpc) is 3.19. The quantitative estimate of drug-likeness (QED) is 0.489. The number of benzene rings is 2. The van der Waals surface area contributed by atoms with Crippen LogP contribution in [0.3, 0.4) is 0 Å². The Labute approximate surface area is 197 Å². The Kier molecular flexibility index (Phi) is 5.35. The third kappa shape index (κ3) is 4.02. The molecular weight excluding hydrogens is 474 g/mol. The molecule has 34 heavy (non-hydrogen) atoms. The topological polar surface area (TPSA) is 56.4 Å². The summed E-state index contributed by atoms with van der Waals surface area (Å²) in [7, 11) is 0. The summed E-state index contributed by atoms with van der Waals surface area (Å²) < 4.78 is 52.2. The molecule has 0 aliphatic carbocycles. The molecule has 0 radical (unpaired) electrons. The Balaban J connectivity index is 1.19. The Morgan fingerprint density at radius 3 is 2.29 bits per heavy atom. The van der Waals surface area contributed by atoms with Gasteiger partial charge in [-0.15, -0.1) is 0 Å². The predicted molar refractivity (Wildman–Crippen MR) is 118 cm³/mol. The van der Waals surface area contributed by atoms with Gasteiger partial charge in [-0.05, 0) is 55.3 Å². The molecule has 1 aromatic heterocycles. The third-order valence-electron chi connectivity index (χ3n) is 6.79. The maximum atomic E-state index is 13.9. The van der Waals surface area contributed by atoms with Crippen molar-refractivity contribution in [2.45, 2.75) is 19.0 Å². The molecule has 178 valence electrons. The molecule has 0 bridgehead atoms. The summed E-state index contributed by atoms with van der Waals surface area (Å²) in [4.78, 5) is 32.0. The van der Waals surface area contributed by atoms with Gasteiger partial charge in [0.2, 0.25) is 0 Å². The number of hydrogen-bond donors (Lipinski definition) is 1. The van der Waals surface area contributed by atoms with Crippen molar-refractivity contribution in [3.05, 3.63) is 70.1 Å².